The van der Waals surface area contributed by atoms with Crippen molar-refractivity contribution in [1.82, 2.24) is 4.90 Å². The first-order chi connectivity index (χ1) is 7.69. The van der Waals surface area contributed by atoms with Gasteiger partial charge in [0.25, 0.3) is 0 Å². The zero-order chi connectivity index (χ0) is 12.4. The van der Waals surface area contributed by atoms with E-state index in [2.05, 4.69) is 16.6 Å². The number of rotatable bonds is 8. The molecule has 0 radical (unpaired) electrons. The third-order valence-electron chi connectivity index (χ3n) is 2.50. The first-order valence-electron chi connectivity index (χ1n) is 5.80. The van der Waals surface area contributed by atoms with E-state index in [0.717, 1.165) is 26.1 Å². The van der Waals surface area contributed by atoms with Gasteiger partial charge in [-0.15, -0.1) is 0 Å². The number of hydrogen-bond donors (Lipinski definition) is 1. The van der Waals surface area contributed by atoms with E-state index in [0.29, 0.717) is 12.0 Å². The van der Waals surface area contributed by atoms with Gasteiger partial charge in [-0.05, 0) is 19.4 Å². The fourth-order valence-electron chi connectivity index (χ4n) is 1.42. The van der Waals surface area contributed by atoms with Crippen molar-refractivity contribution in [2.75, 3.05) is 33.4 Å². The second-order valence-corrected chi connectivity index (χ2v) is 3.54. The molecular formula is C12H23NO3. The Balaban J connectivity index is 4.21. The maximum atomic E-state index is 11.3. The molecule has 94 valence electrons. The van der Waals surface area contributed by atoms with Gasteiger partial charge < -0.3 is 9.84 Å². The van der Waals surface area contributed by atoms with Crippen LogP contribution in [0.4, 0.5) is 0 Å². The van der Waals surface area contributed by atoms with Crippen LogP contribution in [-0.2, 0) is 9.53 Å². The molecule has 0 amide bonds. The van der Waals surface area contributed by atoms with Crippen LogP contribution in [0.3, 0.4) is 0 Å². The monoisotopic (exact) mass is 229 g/mol. The molecule has 0 aliphatic rings. The highest BCUT2D eigenvalue weighted by atomic mass is 16.5. The molecule has 0 bridgehead atoms. The van der Waals surface area contributed by atoms with Gasteiger partial charge in [-0.25, -0.2) is 4.79 Å². The number of aliphatic hydroxyl groups excluding tert-OH is 1. The van der Waals surface area contributed by atoms with Crippen molar-refractivity contribution in [2.45, 2.75) is 26.7 Å². The number of carbonyl (C=O) groups excluding carboxylic acids is 1. The number of hydrogen-bond acceptors (Lipinski definition) is 4. The molecule has 0 aromatic heterocycles. The summed E-state index contributed by atoms with van der Waals surface area (Å²) in [6.45, 7) is 6.70. The van der Waals surface area contributed by atoms with Crippen LogP contribution in [0.5, 0.6) is 0 Å². The Morgan fingerprint density at radius 3 is 2.56 bits per heavy atom. The van der Waals surface area contributed by atoms with Crippen molar-refractivity contribution >= 4 is 5.97 Å². The van der Waals surface area contributed by atoms with Crippen LogP contribution >= 0.6 is 0 Å². The SMILES string of the molecule is CC/C(=C/CN(CC)CCCO)C(=O)OC. The van der Waals surface area contributed by atoms with E-state index < -0.39 is 0 Å². The Labute approximate surface area is 97.9 Å². The van der Waals surface area contributed by atoms with Gasteiger partial charge in [0.2, 0.25) is 0 Å². The third kappa shape index (κ3) is 5.88. The third-order valence-corrected chi connectivity index (χ3v) is 2.50. The molecule has 0 saturated heterocycles. The molecule has 0 fully saturated rings. The summed E-state index contributed by atoms with van der Waals surface area (Å²) in [6, 6.07) is 0. The van der Waals surface area contributed by atoms with E-state index in [1.54, 1.807) is 0 Å². The van der Waals surface area contributed by atoms with E-state index in [1.165, 1.54) is 7.11 Å². The lowest BCUT2D eigenvalue weighted by atomic mass is 10.2. The summed E-state index contributed by atoms with van der Waals surface area (Å²) in [5.41, 5.74) is 0.713. The van der Waals surface area contributed by atoms with Gasteiger partial charge in [0, 0.05) is 25.3 Å². The van der Waals surface area contributed by atoms with Crippen molar-refractivity contribution < 1.29 is 14.6 Å². The second-order valence-electron chi connectivity index (χ2n) is 3.54. The van der Waals surface area contributed by atoms with Gasteiger partial charge in [-0.2, -0.15) is 0 Å². The average Bonchev–Trinajstić information content (AvgIpc) is 2.33. The van der Waals surface area contributed by atoms with Crippen LogP contribution in [-0.4, -0.2) is 49.3 Å². The number of nitrogens with zero attached hydrogens (tertiary/aromatic N) is 1. The first kappa shape index (κ1) is 15.1. The molecule has 1 N–H and O–H groups in total. The highest BCUT2D eigenvalue weighted by molar-refractivity contribution is 5.88. The van der Waals surface area contributed by atoms with Crippen LogP contribution in [0.25, 0.3) is 0 Å². The molecule has 0 heterocycles. The minimum atomic E-state index is -0.249. The number of aliphatic hydroxyl groups is 1. The molecule has 0 aromatic rings. The molecule has 0 aliphatic carbocycles. The topological polar surface area (TPSA) is 49.8 Å². The number of carbonyl (C=O) groups is 1. The van der Waals surface area contributed by atoms with Crippen LogP contribution in [0, 0.1) is 0 Å². The fourth-order valence-corrected chi connectivity index (χ4v) is 1.42. The maximum absolute atomic E-state index is 11.3. The molecule has 0 unspecified atom stereocenters. The lowest BCUT2D eigenvalue weighted by Gasteiger charge is -2.18. The van der Waals surface area contributed by atoms with E-state index in [-0.39, 0.29) is 12.6 Å². The Morgan fingerprint density at radius 2 is 2.12 bits per heavy atom. The molecular weight excluding hydrogens is 206 g/mol. The van der Waals surface area contributed by atoms with E-state index in [9.17, 15) is 4.79 Å². The molecule has 0 saturated carbocycles. The highest BCUT2D eigenvalue weighted by Crippen LogP contribution is 2.04. The van der Waals surface area contributed by atoms with Crippen molar-refractivity contribution in [3.63, 3.8) is 0 Å². The van der Waals surface area contributed by atoms with Gasteiger partial charge in [0.05, 0.1) is 7.11 Å². The maximum Gasteiger partial charge on any atom is 0.333 e. The van der Waals surface area contributed by atoms with E-state index >= 15 is 0 Å². The average molecular weight is 229 g/mol. The first-order valence-corrected chi connectivity index (χ1v) is 5.80. The van der Waals surface area contributed by atoms with Gasteiger partial charge in [0.15, 0.2) is 0 Å². The standard InChI is InChI=1S/C12H23NO3/c1-4-11(12(15)16-3)7-9-13(5-2)8-6-10-14/h7,14H,4-6,8-10H2,1-3H3/b11-7-. The summed E-state index contributed by atoms with van der Waals surface area (Å²) in [5.74, 6) is -0.249. The van der Waals surface area contributed by atoms with Gasteiger partial charge in [-0.3, -0.25) is 4.90 Å². The molecule has 4 heteroatoms. The summed E-state index contributed by atoms with van der Waals surface area (Å²) >= 11 is 0. The largest absolute Gasteiger partial charge is 0.466 e. The predicted molar refractivity (Wildman–Crippen MR) is 64.2 cm³/mol. The smallest absolute Gasteiger partial charge is 0.333 e. The summed E-state index contributed by atoms with van der Waals surface area (Å²) in [5, 5.41) is 8.74. The van der Waals surface area contributed by atoms with E-state index in [1.807, 2.05) is 13.0 Å². The lowest BCUT2D eigenvalue weighted by molar-refractivity contribution is -0.136. The van der Waals surface area contributed by atoms with Crippen molar-refractivity contribution in [2.24, 2.45) is 0 Å². The molecule has 0 aromatic carbocycles. The summed E-state index contributed by atoms with van der Waals surface area (Å²) in [7, 11) is 1.40. The summed E-state index contributed by atoms with van der Waals surface area (Å²) < 4.78 is 4.68. The van der Waals surface area contributed by atoms with E-state index in [4.69, 9.17) is 5.11 Å². The van der Waals surface area contributed by atoms with Crippen LogP contribution in [0.15, 0.2) is 11.6 Å². The van der Waals surface area contributed by atoms with Crippen LogP contribution in [0.2, 0.25) is 0 Å². The molecule has 16 heavy (non-hydrogen) atoms. The minimum absolute atomic E-state index is 0.206. The van der Waals surface area contributed by atoms with Crippen molar-refractivity contribution in [1.29, 1.82) is 0 Å². The Hall–Kier alpha value is -0.870. The lowest BCUT2D eigenvalue weighted by Crippen LogP contribution is -2.26. The van der Waals surface area contributed by atoms with Crippen molar-refractivity contribution in [3.05, 3.63) is 11.6 Å². The molecule has 0 aliphatic heterocycles. The quantitative estimate of drug-likeness (QED) is 0.502. The minimum Gasteiger partial charge on any atom is -0.466 e. The number of ether oxygens (including phenoxy) is 1. The number of likely N-dealkylation sites (N-methyl/N-ethyl adjacent to an activating group) is 1. The van der Waals surface area contributed by atoms with Gasteiger partial charge >= 0.3 is 5.97 Å². The number of esters is 1. The number of methoxy groups -OCH3 is 1. The summed E-state index contributed by atoms with van der Waals surface area (Å²) in [4.78, 5) is 13.5. The molecule has 4 nitrogen and oxygen atoms in total. The summed E-state index contributed by atoms with van der Waals surface area (Å²) in [6.07, 6.45) is 3.36. The molecule has 0 atom stereocenters. The van der Waals surface area contributed by atoms with Gasteiger partial charge in [-0.1, -0.05) is 19.9 Å². The van der Waals surface area contributed by atoms with Crippen LogP contribution < -0.4 is 0 Å². The second kappa shape index (κ2) is 9.36. The molecule has 0 rings (SSSR count). The van der Waals surface area contributed by atoms with Gasteiger partial charge in [0.1, 0.15) is 0 Å². The Bertz CT molecular complexity index is 226. The zero-order valence-corrected chi connectivity index (χ0v) is 10.5. The predicted octanol–water partition coefficient (Wildman–Crippen LogP) is 1.20. The Morgan fingerprint density at radius 1 is 1.44 bits per heavy atom. The fraction of sp³-hybridized carbons (Fsp3) is 0.750. The molecule has 0 spiro atoms. The normalized spacial score (nSPS) is 11.9. The van der Waals surface area contributed by atoms with Crippen molar-refractivity contribution in [3.8, 4) is 0 Å². The Kier molecular flexibility index (Phi) is 8.85. The zero-order valence-electron chi connectivity index (χ0n) is 10.5. The highest BCUT2D eigenvalue weighted by Gasteiger charge is 2.07. The van der Waals surface area contributed by atoms with Crippen LogP contribution in [0.1, 0.15) is 26.7 Å².